The van der Waals surface area contributed by atoms with Crippen LogP contribution < -0.4 is 0 Å². The van der Waals surface area contributed by atoms with Gasteiger partial charge in [0.1, 0.15) is 9.79 Å². The van der Waals surface area contributed by atoms with Crippen LogP contribution in [0, 0.1) is 6.92 Å². The van der Waals surface area contributed by atoms with Crippen molar-refractivity contribution in [1.29, 1.82) is 0 Å². The van der Waals surface area contributed by atoms with E-state index in [1.807, 2.05) is 0 Å². The normalized spacial score (nSPS) is 16.4. The van der Waals surface area contributed by atoms with Gasteiger partial charge in [-0.1, -0.05) is 19.4 Å². The van der Waals surface area contributed by atoms with E-state index in [1.54, 1.807) is 0 Å². The van der Waals surface area contributed by atoms with Crippen molar-refractivity contribution in [3.05, 3.63) is 23.3 Å². The van der Waals surface area contributed by atoms with E-state index in [1.165, 1.54) is 0 Å². The molecule has 1 aromatic carbocycles. The van der Waals surface area contributed by atoms with Crippen LogP contribution in [0.2, 0.25) is 0 Å². The first kappa shape index (κ1) is 17.0. The highest BCUT2D eigenvalue weighted by molar-refractivity contribution is 8.46. The summed E-state index contributed by atoms with van der Waals surface area (Å²) in [5, 5.41) is 8.68. The van der Waals surface area contributed by atoms with Gasteiger partial charge in [-0.05, 0) is 24.6 Å². The van der Waals surface area contributed by atoms with Crippen molar-refractivity contribution in [3.8, 4) is 0 Å². The van der Waals surface area contributed by atoms with Gasteiger partial charge in [-0.3, -0.25) is 0 Å². The van der Waals surface area contributed by atoms with Gasteiger partial charge in [-0.2, -0.15) is 0 Å². The lowest BCUT2D eigenvalue weighted by Crippen LogP contribution is -2.13. The van der Waals surface area contributed by atoms with E-state index in [-0.39, 0.29) is 12.1 Å². The number of hydrogen-bond acceptors (Lipinski definition) is 3. The van der Waals surface area contributed by atoms with E-state index >= 15 is 0 Å². The predicted molar refractivity (Wildman–Crippen MR) is 62.6 cm³/mol. The highest BCUT2D eigenvalue weighted by atomic mass is 35.7. The Labute approximate surface area is 114 Å². The number of rotatable bonds is 3. The molecule has 0 saturated heterocycles. The summed E-state index contributed by atoms with van der Waals surface area (Å²) in [6.07, 6.45) is 0. The Bertz CT molecular complexity index is 711. The Morgan fingerprint density at radius 3 is 1.95 bits per heavy atom. The van der Waals surface area contributed by atoms with Crippen molar-refractivity contribution in [1.82, 2.24) is 0 Å². The molecule has 0 bridgehead atoms. The minimum atomic E-state index is -10.4. The number of halogens is 6. The standard InChI is InChI=1S/C8H6ClF5O4S2/c1-4-2-7(20(10,11,12,13)14)6(19(9,17)18)3-5(4)8(15)16/h2-3H,1H3,(H,15,16). The molecule has 12 heteroatoms. The molecule has 0 atom stereocenters. The van der Waals surface area contributed by atoms with Crippen LogP contribution in [0.5, 0.6) is 0 Å². The fraction of sp³-hybridized carbons (Fsp3) is 0.125. The predicted octanol–water partition coefficient (Wildman–Crippen LogP) is 4.28. The number of carboxylic acids is 1. The molecular weight excluding hydrogens is 355 g/mol. The molecule has 0 aliphatic carbocycles. The highest BCUT2D eigenvalue weighted by Gasteiger charge is 2.67. The first-order valence-corrected chi connectivity index (χ1v) is 8.76. The van der Waals surface area contributed by atoms with E-state index in [9.17, 15) is 32.6 Å². The second kappa shape index (κ2) is 3.77. The minimum absolute atomic E-state index is 0.0345. The van der Waals surface area contributed by atoms with E-state index in [4.69, 9.17) is 5.11 Å². The molecular formula is C8H6ClF5O4S2. The largest absolute Gasteiger partial charge is 0.478 e. The second-order valence-corrected chi connectivity index (χ2v) is 8.74. The molecule has 20 heavy (non-hydrogen) atoms. The van der Waals surface area contributed by atoms with Crippen molar-refractivity contribution in [3.63, 3.8) is 0 Å². The van der Waals surface area contributed by atoms with Gasteiger partial charge in [0, 0.05) is 10.7 Å². The zero-order valence-electron chi connectivity index (χ0n) is 9.41. The van der Waals surface area contributed by atoms with Crippen LogP contribution in [-0.4, -0.2) is 19.5 Å². The van der Waals surface area contributed by atoms with Crippen molar-refractivity contribution in [2.45, 2.75) is 16.7 Å². The molecule has 0 aliphatic heterocycles. The van der Waals surface area contributed by atoms with Gasteiger partial charge in [0.2, 0.25) is 0 Å². The van der Waals surface area contributed by atoms with Crippen LogP contribution >= 0.6 is 20.9 Å². The van der Waals surface area contributed by atoms with Gasteiger partial charge in [0.05, 0.1) is 5.56 Å². The molecule has 4 nitrogen and oxygen atoms in total. The van der Waals surface area contributed by atoms with Crippen LogP contribution in [0.1, 0.15) is 15.9 Å². The zero-order chi connectivity index (χ0) is 16.2. The van der Waals surface area contributed by atoms with Gasteiger partial charge in [0.15, 0.2) is 0 Å². The van der Waals surface area contributed by atoms with Crippen LogP contribution in [0.4, 0.5) is 19.4 Å². The molecule has 0 heterocycles. The lowest BCUT2D eigenvalue weighted by molar-refractivity contribution is 0.0695. The molecule has 0 aromatic heterocycles. The summed E-state index contributed by atoms with van der Waals surface area (Å²) in [7, 11) is -10.9. The Hall–Kier alpha value is -1.07. The lowest BCUT2D eigenvalue weighted by atomic mass is 10.1. The van der Waals surface area contributed by atoms with Gasteiger partial charge in [-0.25, -0.2) is 13.2 Å². The maximum Gasteiger partial charge on any atom is 0.335 e. The van der Waals surface area contributed by atoms with Crippen LogP contribution in [0.15, 0.2) is 21.9 Å². The SMILES string of the molecule is Cc1cc(S(F)(F)(F)(F)F)c(S(=O)(=O)Cl)cc1C(=O)O. The average molecular weight is 361 g/mol. The number of carboxylic acid groups (broad SMARTS) is 1. The monoisotopic (exact) mass is 360 g/mol. The maximum atomic E-state index is 12.8. The Kier molecular flexibility index (Phi) is 3.20. The van der Waals surface area contributed by atoms with E-state index < -0.39 is 46.2 Å². The molecule has 116 valence electrons. The van der Waals surface area contributed by atoms with E-state index in [0.29, 0.717) is 0 Å². The first-order valence-electron chi connectivity index (χ1n) is 4.50. The third kappa shape index (κ3) is 3.52. The summed E-state index contributed by atoms with van der Waals surface area (Å²) in [5.41, 5.74) is -1.56. The number of aryl methyl sites for hydroxylation is 1. The number of hydrogen-bond donors (Lipinski definition) is 1. The molecule has 0 saturated carbocycles. The molecule has 0 spiro atoms. The Morgan fingerprint density at radius 2 is 1.65 bits per heavy atom. The third-order valence-corrected chi connectivity index (χ3v) is 4.86. The molecule has 0 aliphatic rings. The summed E-state index contributed by atoms with van der Waals surface area (Å²) in [5.74, 6) is -1.78. The summed E-state index contributed by atoms with van der Waals surface area (Å²) in [4.78, 5) is 6.01. The summed E-state index contributed by atoms with van der Waals surface area (Å²) in [6.45, 7) is 0.821. The van der Waals surface area contributed by atoms with Gasteiger partial charge < -0.3 is 5.11 Å². The minimum Gasteiger partial charge on any atom is -0.478 e. The quantitative estimate of drug-likeness (QED) is 0.645. The van der Waals surface area contributed by atoms with Crippen molar-refractivity contribution in [2.24, 2.45) is 0 Å². The third-order valence-electron chi connectivity index (χ3n) is 2.20. The van der Waals surface area contributed by atoms with Crippen molar-refractivity contribution >= 4 is 35.9 Å². The summed E-state index contributed by atoms with van der Waals surface area (Å²) in [6, 6.07) is -0.270. The lowest BCUT2D eigenvalue weighted by Gasteiger charge is -2.41. The van der Waals surface area contributed by atoms with E-state index in [2.05, 4.69) is 10.7 Å². The second-order valence-electron chi connectivity index (χ2n) is 3.83. The summed E-state index contributed by atoms with van der Waals surface area (Å²) < 4.78 is 86.0. The topological polar surface area (TPSA) is 71.4 Å². The van der Waals surface area contributed by atoms with Gasteiger partial charge in [-0.15, -0.1) is 0 Å². The van der Waals surface area contributed by atoms with Crippen molar-refractivity contribution < 1.29 is 37.7 Å². The molecule has 0 fully saturated rings. The van der Waals surface area contributed by atoms with Crippen LogP contribution in [0.25, 0.3) is 0 Å². The van der Waals surface area contributed by atoms with Crippen LogP contribution in [0.3, 0.4) is 0 Å². The van der Waals surface area contributed by atoms with Crippen LogP contribution in [-0.2, 0) is 9.05 Å². The van der Waals surface area contributed by atoms with E-state index in [0.717, 1.165) is 6.92 Å². The highest BCUT2D eigenvalue weighted by Crippen LogP contribution is 3.02. The Morgan fingerprint density at radius 1 is 1.20 bits per heavy atom. The first-order chi connectivity index (χ1) is 8.43. The smallest absolute Gasteiger partial charge is 0.335 e. The van der Waals surface area contributed by atoms with Gasteiger partial charge >= 0.3 is 16.2 Å². The Balaban J connectivity index is 4.00. The molecule has 1 aromatic rings. The zero-order valence-corrected chi connectivity index (χ0v) is 11.8. The maximum absolute atomic E-state index is 12.8. The molecule has 0 unspecified atom stereocenters. The molecule has 0 radical (unpaired) electrons. The number of carbonyl (C=O) groups is 1. The number of benzene rings is 1. The molecule has 1 rings (SSSR count). The fourth-order valence-electron chi connectivity index (χ4n) is 1.38. The fourth-order valence-corrected chi connectivity index (χ4v) is 4.10. The molecule has 1 N–H and O–H groups in total. The van der Waals surface area contributed by atoms with Gasteiger partial charge in [0.25, 0.3) is 9.05 Å². The van der Waals surface area contributed by atoms with Crippen molar-refractivity contribution in [2.75, 3.05) is 0 Å². The number of aromatic carboxylic acids is 1. The summed E-state index contributed by atoms with van der Waals surface area (Å²) >= 11 is 0. The molecule has 0 amide bonds. The average Bonchev–Trinajstić information content (AvgIpc) is 2.10.